The molecule has 4 fully saturated rings. The van der Waals surface area contributed by atoms with E-state index in [-0.39, 0.29) is 34.2 Å². The molecule has 3 aliphatic carbocycles. The standard InChI is InChI=1S/C20H25BrO6/c1-8(2)18-13(21)14-20(27-14)17(3)5-4-9-10(7-25-15(9)22)11(17)6-12(26-18)19(20,24)16(18)23/h8,11-14,16,23-24H,4-7H2,1-3H3/t11-,12+,13+,14-,16+,17-,18+,19+,20+/m0/s1. The van der Waals surface area contributed by atoms with E-state index in [1.807, 2.05) is 13.8 Å². The number of halogens is 1. The van der Waals surface area contributed by atoms with Gasteiger partial charge in [0.15, 0.2) is 5.60 Å². The number of epoxide rings is 1. The van der Waals surface area contributed by atoms with Gasteiger partial charge in [-0.15, -0.1) is 0 Å². The van der Waals surface area contributed by atoms with Crippen molar-refractivity contribution < 1.29 is 29.2 Å². The molecule has 2 bridgehead atoms. The Morgan fingerprint density at radius 1 is 1.30 bits per heavy atom. The number of hydrogen-bond acceptors (Lipinski definition) is 6. The molecule has 0 aromatic rings. The third kappa shape index (κ3) is 1.46. The predicted octanol–water partition coefficient (Wildman–Crippen LogP) is 1.46. The number of fused-ring (bicyclic) bond motifs is 3. The maximum atomic E-state index is 12.1. The lowest BCUT2D eigenvalue weighted by atomic mass is 9.45. The van der Waals surface area contributed by atoms with Crippen LogP contribution in [0.4, 0.5) is 0 Å². The van der Waals surface area contributed by atoms with Gasteiger partial charge in [-0.1, -0.05) is 36.7 Å². The molecule has 0 radical (unpaired) electrons. The SMILES string of the molecule is CC(C)[C@@]12O[C@@H]3C[C@H]4C5=C(CC[C@]4(C)[C@@]4(O[C@H]4[C@H]1Br)[C@]3(O)[C@@H]2O)C(=O)OC5. The number of hydrogen-bond donors (Lipinski definition) is 2. The smallest absolute Gasteiger partial charge is 0.334 e. The third-order valence-corrected chi connectivity index (χ3v) is 10.1. The van der Waals surface area contributed by atoms with E-state index in [0.29, 0.717) is 19.4 Å². The normalized spacial score (nSPS) is 60.1. The van der Waals surface area contributed by atoms with Gasteiger partial charge in [-0.25, -0.2) is 4.79 Å². The van der Waals surface area contributed by atoms with E-state index >= 15 is 0 Å². The molecule has 6 aliphatic rings. The van der Waals surface area contributed by atoms with Crippen molar-refractivity contribution in [1.82, 2.24) is 0 Å². The lowest BCUT2D eigenvalue weighted by Gasteiger charge is -2.58. The van der Waals surface area contributed by atoms with E-state index in [4.69, 9.17) is 14.2 Å². The molecule has 148 valence electrons. The minimum Gasteiger partial charge on any atom is -0.458 e. The van der Waals surface area contributed by atoms with Crippen LogP contribution in [0.2, 0.25) is 0 Å². The summed E-state index contributed by atoms with van der Waals surface area (Å²) in [6.45, 7) is 6.53. The summed E-state index contributed by atoms with van der Waals surface area (Å²) in [5.74, 6) is -0.141. The first-order chi connectivity index (χ1) is 12.7. The van der Waals surface area contributed by atoms with E-state index in [2.05, 4.69) is 22.9 Å². The molecule has 3 aliphatic heterocycles. The van der Waals surface area contributed by atoms with E-state index in [1.165, 1.54) is 0 Å². The lowest BCUT2D eigenvalue weighted by Crippen LogP contribution is -2.76. The second-order valence-corrected chi connectivity index (χ2v) is 10.8. The summed E-state index contributed by atoms with van der Waals surface area (Å²) >= 11 is 3.80. The average molecular weight is 441 g/mol. The molecular formula is C20H25BrO6. The maximum Gasteiger partial charge on any atom is 0.334 e. The highest BCUT2D eigenvalue weighted by Crippen LogP contribution is 2.78. The Balaban J connectivity index is 1.56. The van der Waals surface area contributed by atoms with E-state index in [0.717, 1.165) is 17.6 Å². The third-order valence-electron chi connectivity index (χ3n) is 8.91. The van der Waals surface area contributed by atoms with Crippen LogP contribution in [0.5, 0.6) is 0 Å². The molecule has 2 saturated heterocycles. The zero-order valence-electron chi connectivity index (χ0n) is 15.7. The van der Waals surface area contributed by atoms with Crippen molar-refractivity contribution in [2.24, 2.45) is 17.3 Å². The number of ether oxygens (including phenoxy) is 3. The first-order valence-corrected chi connectivity index (χ1v) is 10.9. The molecule has 0 aromatic heterocycles. The number of esters is 1. The molecule has 0 unspecified atom stereocenters. The Kier molecular flexibility index (Phi) is 2.99. The van der Waals surface area contributed by atoms with Crippen molar-refractivity contribution in [2.75, 3.05) is 6.61 Å². The van der Waals surface area contributed by atoms with Crippen molar-refractivity contribution in [3.05, 3.63) is 11.1 Å². The fourth-order valence-corrected chi connectivity index (χ4v) is 8.88. The van der Waals surface area contributed by atoms with Gasteiger partial charge in [0, 0.05) is 11.0 Å². The Morgan fingerprint density at radius 3 is 2.74 bits per heavy atom. The Labute approximate surface area is 166 Å². The molecule has 7 heteroatoms. The molecule has 3 heterocycles. The fraction of sp³-hybridized carbons (Fsp3) is 0.850. The molecule has 2 saturated carbocycles. The molecule has 27 heavy (non-hydrogen) atoms. The van der Waals surface area contributed by atoms with Crippen LogP contribution in [-0.2, 0) is 19.0 Å². The Hall–Kier alpha value is -0.470. The van der Waals surface area contributed by atoms with Gasteiger partial charge in [0.1, 0.15) is 30.0 Å². The van der Waals surface area contributed by atoms with E-state index < -0.39 is 29.0 Å². The Bertz CT molecular complexity index is 810. The number of aliphatic hydroxyl groups excluding tert-OH is 1. The van der Waals surface area contributed by atoms with Crippen LogP contribution >= 0.6 is 15.9 Å². The van der Waals surface area contributed by atoms with Crippen molar-refractivity contribution in [1.29, 1.82) is 0 Å². The first-order valence-electron chi connectivity index (χ1n) is 9.95. The Morgan fingerprint density at radius 2 is 2.04 bits per heavy atom. The number of aliphatic hydroxyl groups is 2. The highest BCUT2D eigenvalue weighted by molar-refractivity contribution is 9.09. The van der Waals surface area contributed by atoms with Crippen LogP contribution in [0.1, 0.15) is 40.0 Å². The van der Waals surface area contributed by atoms with E-state index in [9.17, 15) is 15.0 Å². The molecule has 6 nitrogen and oxygen atoms in total. The lowest BCUT2D eigenvalue weighted by molar-refractivity contribution is -0.206. The summed E-state index contributed by atoms with van der Waals surface area (Å²) in [4.78, 5) is 11.9. The summed E-state index contributed by atoms with van der Waals surface area (Å²) in [5, 5.41) is 23.4. The van der Waals surface area contributed by atoms with Gasteiger partial charge in [0.2, 0.25) is 0 Å². The molecule has 2 N–H and O–H groups in total. The number of rotatable bonds is 1. The van der Waals surface area contributed by atoms with Gasteiger partial charge < -0.3 is 24.4 Å². The van der Waals surface area contributed by atoms with Crippen molar-refractivity contribution >= 4 is 21.9 Å². The van der Waals surface area contributed by atoms with Crippen LogP contribution in [-0.4, -0.2) is 62.7 Å². The minimum absolute atomic E-state index is 0.00898. The number of alkyl halides is 1. The molecule has 1 spiro atoms. The largest absolute Gasteiger partial charge is 0.458 e. The zero-order valence-corrected chi connectivity index (χ0v) is 17.3. The van der Waals surface area contributed by atoms with Gasteiger partial charge in [-0.2, -0.15) is 0 Å². The van der Waals surface area contributed by atoms with Gasteiger partial charge >= 0.3 is 5.97 Å². The van der Waals surface area contributed by atoms with Crippen LogP contribution < -0.4 is 0 Å². The highest BCUT2D eigenvalue weighted by atomic mass is 79.9. The quantitative estimate of drug-likeness (QED) is 0.364. The topological polar surface area (TPSA) is 88.5 Å². The van der Waals surface area contributed by atoms with Crippen LogP contribution in [0.15, 0.2) is 11.1 Å². The second kappa shape index (κ2) is 4.64. The van der Waals surface area contributed by atoms with Crippen molar-refractivity contribution in [3.63, 3.8) is 0 Å². The molecule has 6 rings (SSSR count). The average Bonchev–Trinajstić information content (AvgIpc) is 3.23. The highest BCUT2D eigenvalue weighted by Gasteiger charge is 2.93. The number of carbonyl (C=O) groups is 1. The summed E-state index contributed by atoms with van der Waals surface area (Å²) in [6, 6.07) is 0. The second-order valence-electron chi connectivity index (χ2n) is 9.80. The van der Waals surface area contributed by atoms with Crippen molar-refractivity contribution in [2.45, 2.75) is 80.0 Å². The molecule has 9 atom stereocenters. The number of carbonyl (C=O) groups excluding carboxylic acids is 1. The summed E-state index contributed by atoms with van der Waals surface area (Å²) in [6.07, 6.45) is 0.185. The van der Waals surface area contributed by atoms with Crippen LogP contribution in [0.3, 0.4) is 0 Å². The molecule has 0 aromatic carbocycles. The van der Waals surface area contributed by atoms with Gasteiger partial charge in [-0.3, -0.25) is 0 Å². The first kappa shape index (κ1) is 17.4. The summed E-state index contributed by atoms with van der Waals surface area (Å²) in [5.41, 5.74) is -1.69. The summed E-state index contributed by atoms with van der Waals surface area (Å²) < 4.78 is 18.3. The zero-order chi connectivity index (χ0) is 19.1. The predicted molar refractivity (Wildman–Crippen MR) is 97.2 cm³/mol. The van der Waals surface area contributed by atoms with Crippen molar-refractivity contribution in [3.8, 4) is 0 Å². The number of cyclic esters (lactones) is 1. The minimum atomic E-state index is -1.43. The molecule has 0 amide bonds. The van der Waals surface area contributed by atoms with E-state index in [1.54, 1.807) is 0 Å². The molecular weight excluding hydrogens is 416 g/mol. The monoisotopic (exact) mass is 440 g/mol. The van der Waals surface area contributed by atoms with Gasteiger partial charge in [0.05, 0.1) is 10.9 Å². The van der Waals surface area contributed by atoms with Gasteiger partial charge in [-0.05, 0) is 36.7 Å². The van der Waals surface area contributed by atoms with Crippen LogP contribution in [0.25, 0.3) is 0 Å². The van der Waals surface area contributed by atoms with Gasteiger partial charge in [0.25, 0.3) is 0 Å². The maximum absolute atomic E-state index is 12.1. The fourth-order valence-electron chi connectivity index (χ4n) is 7.51. The summed E-state index contributed by atoms with van der Waals surface area (Å²) in [7, 11) is 0. The van der Waals surface area contributed by atoms with Crippen LogP contribution in [0, 0.1) is 17.3 Å².